The molecule has 3 bridgehead atoms. The first kappa shape index (κ1) is 45.9. The van der Waals surface area contributed by atoms with Crippen molar-refractivity contribution in [1.29, 1.82) is 0 Å². The minimum atomic E-state index is -0.200. The molecule has 2 heterocycles. The van der Waals surface area contributed by atoms with Gasteiger partial charge >= 0.3 is 0 Å². The van der Waals surface area contributed by atoms with Crippen molar-refractivity contribution in [2.75, 3.05) is 9.80 Å². The van der Waals surface area contributed by atoms with E-state index in [0.717, 1.165) is 78.5 Å². The van der Waals surface area contributed by atoms with Gasteiger partial charge in [-0.3, -0.25) is 0 Å². The van der Waals surface area contributed by atoms with E-state index < -0.39 is 0 Å². The molecule has 5 unspecified atom stereocenters. The highest BCUT2D eigenvalue weighted by molar-refractivity contribution is 6.20. The Hall–Kier alpha value is -8.08. The summed E-state index contributed by atoms with van der Waals surface area (Å²) in [6.45, 7) is 13.9. The molecule has 12 aromatic rings. The molecular formula is C75H64N2O2. The van der Waals surface area contributed by atoms with Crippen molar-refractivity contribution in [1.82, 2.24) is 0 Å². The van der Waals surface area contributed by atoms with E-state index in [4.69, 9.17) is 8.83 Å². The molecule has 17 rings (SSSR count). The van der Waals surface area contributed by atoms with Crippen LogP contribution in [0.4, 0.5) is 34.1 Å². The zero-order chi connectivity index (χ0) is 52.9. The van der Waals surface area contributed by atoms with Gasteiger partial charge in [-0.15, -0.1) is 0 Å². The van der Waals surface area contributed by atoms with Crippen molar-refractivity contribution in [2.45, 2.75) is 89.9 Å². The Morgan fingerprint density at radius 2 is 0.810 bits per heavy atom. The van der Waals surface area contributed by atoms with Gasteiger partial charge in [-0.05, 0) is 177 Å². The number of furan rings is 2. The largest absolute Gasteiger partial charge is 0.454 e. The second kappa shape index (κ2) is 15.8. The van der Waals surface area contributed by atoms with Gasteiger partial charge in [0.1, 0.15) is 11.2 Å². The molecular weight excluding hydrogens is 961 g/mol. The van der Waals surface area contributed by atoms with Crippen LogP contribution in [0.3, 0.4) is 0 Å². The van der Waals surface area contributed by atoms with Gasteiger partial charge < -0.3 is 18.6 Å². The molecule has 0 amide bonds. The zero-order valence-corrected chi connectivity index (χ0v) is 46.0. The summed E-state index contributed by atoms with van der Waals surface area (Å²) in [6, 6.07) is 73.6. The zero-order valence-electron chi connectivity index (χ0n) is 46.0. The van der Waals surface area contributed by atoms with E-state index in [2.05, 4.69) is 245 Å². The molecule has 0 radical (unpaired) electrons. The van der Waals surface area contributed by atoms with Crippen LogP contribution in [-0.4, -0.2) is 0 Å². The van der Waals surface area contributed by atoms with Gasteiger partial charge in [-0.25, -0.2) is 0 Å². The lowest BCUT2D eigenvalue weighted by Gasteiger charge is -2.54. The molecule has 5 aliphatic carbocycles. The van der Waals surface area contributed by atoms with Gasteiger partial charge in [0.05, 0.1) is 22.7 Å². The summed E-state index contributed by atoms with van der Waals surface area (Å²) in [5.74, 6) is 2.66. The van der Waals surface area contributed by atoms with E-state index in [-0.39, 0.29) is 16.2 Å². The number of hydrogen-bond acceptors (Lipinski definition) is 4. The predicted octanol–water partition coefficient (Wildman–Crippen LogP) is 21.0. The quantitative estimate of drug-likeness (QED) is 0.166. The van der Waals surface area contributed by atoms with Crippen molar-refractivity contribution in [3.8, 4) is 11.1 Å². The standard InChI is InChI=1S/C75H64N2O2/c1-72(2,3)45-29-33-49(34-30-45)76(61-25-15-23-57-53-19-11-13-27-65(53)78-70(57)61)63-40-59-68(55-21-9-7-17-51(55)63)69-56-22-10-8-18-52(56)64(41-60(69)75(59)48-38-44-37-47-39-67(75)74(47,42-44)43-48)77(50-35-31-46(32-36-50)73(4,5)6)62-26-16-24-58-54-20-12-14-28-66(54)79-71(58)62/h7-36,40-41,44,47-48,67H,37-39,42-43H2,1-6H3. The lowest BCUT2D eigenvalue weighted by atomic mass is 9.49. The maximum absolute atomic E-state index is 7.02. The fourth-order valence-corrected chi connectivity index (χ4v) is 17.4. The molecule has 10 aromatic carbocycles. The van der Waals surface area contributed by atoms with Crippen LogP contribution >= 0.6 is 0 Å². The van der Waals surface area contributed by atoms with Gasteiger partial charge in [0.25, 0.3) is 0 Å². The smallest absolute Gasteiger partial charge is 0.159 e. The molecule has 4 nitrogen and oxygen atoms in total. The van der Waals surface area contributed by atoms with E-state index in [1.54, 1.807) is 0 Å². The third-order valence-corrected chi connectivity index (χ3v) is 20.7. The van der Waals surface area contributed by atoms with Crippen LogP contribution in [-0.2, 0) is 16.2 Å². The summed E-state index contributed by atoms with van der Waals surface area (Å²) >= 11 is 0. The van der Waals surface area contributed by atoms with Crippen LogP contribution in [0.5, 0.6) is 0 Å². The number of hydrogen-bond donors (Lipinski definition) is 0. The molecule has 4 fully saturated rings. The van der Waals surface area contributed by atoms with Crippen molar-refractivity contribution in [2.24, 2.45) is 29.1 Å². The van der Waals surface area contributed by atoms with Gasteiger partial charge in [0.2, 0.25) is 0 Å². The van der Waals surface area contributed by atoms with Gasteiger partial charge in [0.15, 0.2) is 11.2 Å². The first-order valence-electron chi connectivity index (χ1n) is 29.1. The summed E-state index contributed by atoms with van der Waals surface area (Å²) in [5.41, 5.74) is 19.2. The molecule has 79 heavy (non-hydrogen) atoms. The maximum Gasteiger partial charge on any atom is 0.159 e. The SMILES string of the molecule is CC(C)(C)c1ccc(N(c2cc3c(c4ccccc24)-c2c(cc(N(c4ccc(C(C)(C)C)cc4)c4cccc5c4oc4ccccc45)c4ccccc24)C32C3CC4CC5CC2C5(C4)C3)c2cccc3c2oc2ccccc23)cc1. The molecule has 4 heteroatoms. The fraction of sp³-hybridized carbons (Fsp3) is 0.253. The lowest BCUT2D eigenvalue weighted by molar-refractivity contribution is -0.0193. The van der Waals surface area contributed by atoms with E-state index in [1.807, 2.05) is 0 Å². The van der Waals surface area contributed by atoms with Crippen LogP contribution in [0.2, 0.25) is 0 Å². The highest BCUT2D eigenvalue weighted by Gasteiger charge is 2.77. The van der Waals surface area contributed by atoms with Gasteiger partial charge in [-0.2, -0.15) is 0 Å². The predicted molar refractivity (Wildman–Crippen MR) is 328 cm³/mol. The molecule has 0 saturated heterocycles. The van der Waals surface area contributed by atoms with Crippen molar-refractivity contribution < 1.29 is 8.83 Å². The second-order valence-corrected chi connectivity index (χ2v) is 26.5. The summed E-state index contributed by atoms with van der Waals surface area (Å²) in [6.07, 6.45) is 6.68. The molecule has 4 saturated carbocycles. The fourth-order valence-electron chi connectivity index (χ4n) is 17.4. The Morgan fingerprint density at radius 3 is 1.28 bits per heavy atom. The Bertz CT molecular complexity index is 4280. The van der Waals surface area contributed by atoms with E-state index >= 15 is 0 Å². The number of benzene rings is 10. The third kappa shape index (κ3) is 6.10. The first-order chi connectivity index (χ1) is 38.4. The van der Waals surface area contributed by atoms with Crippen molar-refractivity contribution >= 4 is 99.5 Å². The van der Waals surface area contributed by atoms with Crippen LogP contribution < -0.4 is 9.80 Å². The van der Waals surface area contributed by atoms with Crippen LogP contribution in [0.1, 0.15) is 95.9 Å². The number of nitrogens with zero attached hydrogens (tertiary/aromatic N) is 2. The first-order valence-corrected chi connectivity index (χ1v) is 29.1. The molecule has 5 atom stereocenters. The molecule has 5 aliphatic rings. The molecule has 0 aliphatic heterocycles. The Labute approximate surface area is 462 Å². The van der Waals surface area contributed by atoms with Gasteiger partial charge in [-0.1, -0.05) is 175 Å². The minimum absolute atomic E-state index is 0.00588. The molecule has 386 valence electrons. The summed E-state index contributed by atoms with van der Waals surface area (Å²) in [5, 5.41) is 9.68. The summed E-state index contributed by atoms with van der Waals surface area (Å²) < 4.78 is 14.0. The molecule has 0 N–H and O–H groups in total. The normalized spacial score (nSPS) is 21.4. The number of rotatable bonds is 6. The molecule has 2 aromatic heterocycles. The Balaban J connectivity index is 0.980. The summed E-state index contributed by atoms with van der Waals surface area (Å²) in [4.78, 5) is 5.12. The number of fused-ring (bicyclic) bond motifs is 19. The van der Waals surface area contributed by atoms with Crippen LogP contribution in [0.25, 0.3) is 76.5 Å². The highest BCUT2D eigenvalue weighted by atomic mass is 16.3. The minimum Gasteiger partial charge on any atom is -0.454 e. The lowest BCUT2D eigenvalue weighted by Crippen LogP contribution is -2.50. The van der Waals surface area contributed by atoms with Gasteiger partial charge in [0, 0.05) is 49.1 Å². The van der Waals surface area contributed by atoms with Crippen LogP contribution in [0.15, 0.2) is 203 Å². The number of anilines is 6. The van der Waals surface area contributed by atoms with Crippen molar-refractivity contribution in [3.05, 3.63) is 216 Å². The van der Waals surface area contributed by atoms with Crippen LogP contribution in [0, 0.1) is 29.1 Å². The van der Waals surface area contributed by atoms with Crippen molar-refractivity contribution in [3.63, 3.8) is 0 Å². The Kier molecular flexibility index (Phi) is 9.19. The topological polar surface area (TPSA) is 32.8 Å². The monoisotopic (exact) mass is 1020 g/mol. The van der Waals surface area contributed by atoms with E-state index in [0.29, 0.717) is 17.3 Å². The second-order valence-electron chi connectivity index (χ2n) is 26.5. The number of para-hydroxylation sites is 4. The highest BCUT2D eigenvalue weighted by Crippen LogP contribution is 2.84. The maximum atomic E-state index is 7.02. The summed E-state index contributed by atoms with van der Waals surface area (Å²) in [7, 11) is 0. The van der Waals surface area contributed by atoms with E-state index in [1.165, 1.54) is 98.4 Å². The van der Waals surface area contributed by atoms with E-state index in [9.17, 15) is 0 Å². The Morgan fingerprint density at radius 1 is 0.392 bits per heavy atom. The average molecular weight is 1030 g/mol. The third-order valence-electron chi connectivity index (χ3n) is 20.7. The average Bonchev–Trinajstić information content (AvgIpc) is 2.15. The molecule has 2 spiro atoms.